The van der Waals surface area contributed by atoms with Crippen molar-refractivity contribution in [3.05, 3.63) is 29.3 Å². The lowest BCUT2D eigenvalue weighted by molar-refractivity contribution is -0.115. The number of carboxylic acid groups (broad SMARTS) is 1. The summed E-state index contributed by atoms with van der Waals surface area (Å²) in [5.74, 6) is 0.868. The Labute approximate surface area is 93.3 Å². The van der Waals surface area contributed by atoms with Gasteiger partial charge >= 0.3 is 5.97 Å². The van der Waals surface area contributed by atoms with Gasteiger partial charge in [0.2, 0.25) is 5.91 Å². The molecule has 0 saturated carbocycles. The summed E-state index contributed by atoms with van der Waals surface area (Å²) in [4.78, 5) is 22.1. The van der Waals surface area contributed by atoms with Gasteiger partial charge in [0, 0.05) is 5.69 Å². The largest absolute Gasteiger partial charge is 0.478 e. The zero-order valence-electron chi connectivity index (χ0n) is 8.78. The number of carbonyl (C=O) groups is 2. The molecule has 0 aliphatic heterocycles. The normalized spacial score (nSPS) is 9.25. The highest BCUT2D eigenvalue weighted by molar-refractivity contribution is 5.96. The smallest absolute Gasteiger partial charge is 0.336 e. The van der Waals surface area contributed by atoms with Gasteiger partial charge in [0.05, 0.1) is 12.0 Å². The molecule has 0 heterocycles. The topological polar surface area (TPSA) is 66.4 Å². The third-order valence-electron chi connectivity index (χ3n) is 2.10. The summed E-state index contributed by atoms with van der Waals surface area (Å²) in [6.07, 6.45) is 4.96. The molecule has 1 aromatic carbocycles. The van der Waals surface area contributed by atoms with Gasteiger partial charge in [-0.2, -0.15) is 0 Å². The number of amides is 1. The van der Waals surface area contributed by atoms with Crippen LogP contribution in [-0.4, -0.2) is 17.0 Å². The highest BCUT2D eigenvalue weighted by Gasteiger charge is 2.11. The summed E-state index contributed by atoms with van der Waals surface area (Å²) >= 11 is 0. The minimum atomic E-state index is -1.02. The molecule has 0 unspecified atom stereocenters. The lowest BCUT2D eigenvalue weighted by Crippen LogP contribution is -2.12. The third-order valence-corrected chi connectivity index (χ3v) is 2.10. The van der Waals surface area contributed by atoms with Crippen molar-refractivity contribution in [2.45, 2.75) is 13.3 Å². The lowest BCUT2D eigenvalue weighted by atomic mass is 10.1. The van der Waals surface area contributed by atoms with Crippen LogP contribution in [0.5, 0.6) is 0 Å². The van der Waals surface area contributed by atoms with E-state index in [1.54, 1.807) is 19.1 Å². The van der Waals surface area contributed by atoms with Crippen LogP contribution in [0.4, 0.5) is 5.69 Å². The Bertz CT molecular complexity index is 472. The van der Waals surface area contributed by atoms with Crippen molar-refractivity contribution in [3.8, 4) is 12.3 Å². The SMILES string of the molecule is C#CCC(=O)Nc1cccc(C(=O)O)c1C. The van der Waals surface area contributed by atoms with E-state index in [1.165, 1.54) is 6.07 Å². The molecule has 0 aromatic heterocycles. The van der Waals surface area contributed by atoms with Crippen molar-refractivity contribution >= 4 is 17.6 Å². The second kappa shape index (κ2) is 4.99. The Morgan fingerprint density at radius 2 is 2.19 bits per heavy atom. The van der Waals surface area contributed by atoms with Crippen LogP contribution in [-0.2, 0) is 4.79 Å². The maximum absolute atomic E-state index is 11.2. The monoisotopic (exact) mass is 217 g/mol. The lowest BCUT2D eigenvalue weighted by Gasteiger charge is -2.09. The van der Waals surface area contributed by atoms with Crippen LogP contribution in [0.25, 0.3) is 0 Å². The predicted octanol–water partition coefficient (Wildman–Crippen LogP) is 1.66. The molecule has 0 aliphatic rings. The number of hydrogen-bond donors (Lipinski definition) is 2. The van der Waals surface area contributed by atoms with Gasteiger partial charge in [0.1, 0.15) is 0 Å². The van der Waals surface area contributed by atoms with Crippen LogP contribution in [0.2, 0.25) is 0 Å². The molecule has 4 nitrogen and oxygen atoms in total. The molecule has 0 atom stereocenters. The van der Waals surface area contributed by atoms with Crippen LogP contribution >= 0.6 is 0 Å². The molecular weight excluding hydrogens is 206 g/mol. The molecule has 1 rings (SSSR count). The van der Waals surface area contributed by atoms with E-state index in [9.17, 15) is 9.59 Å². The Kier molecular flexibility index (Phi) is 3.67. The van der Waals surface area contributed by atoms with Gasteiger partial charge in [0.25, 0.3) is 0 Å². The number of carboxylic acids is 1. The molecule has 2 N–H and O–H groups in total. The summed E-state index contributed by atoms with van der Waals surface area (Å²) in [6, 6.07) is 4.69. The van der Waals surface area contributed by atoms with Crippen LogP contribution in [0.15, 0.2) is 18.2 Å². The first-order chi connectivity index (χ1) is 7.56. The van der Waals surface area contributed by atoms with Gasteiger partial charge < -0.3 is 10.4 Å². The van der Waals surface area contributed by atoms with E-state index in [4.69, 9.17) is 11.5 Å². The number of rotatable bonds is 3. The average molecular weight is 217 g/mol. The highest BCUT2D eigenvalue weighted by atomic mass is 16.4. The van der Waals surface area contributed by atoms with Crippen LogP contribution in [0, 0.1) is 19.3 Å². The number of hydrogen-bond acceptors (Lipinski definition) is 2. The maximum atomic E-state index is 11.2. The van der Waals surface area contributed by atoms with Gasteiger partial charge in [0.15, 0.2) is 0 Å². The van der Waals surface area contributed by atoms with Crippen molar-refractivity contribution < 1.29 is 14.7 Å². The molecule has 4 heteroatoms. The van der Waals surface area contributed by atoms with E-state index in [0.29, 0.717) is 11.3 Å². The highest BCUT2D eigenvalue weighted by Crippen LogP contribution is 2.18. The summed E-state index contributed by atoms with van der Waals surface area (Å²) in [7, 11) is 0. The molecule has 0 bridgehead atoms. The molecule has 1 aromatic rings. The first kappa shape index (κ1) is 11.8. The second-order valence-electron chi connectivity index (χ2n) is 3.21. The van der Waals surface area contributed by atoms with Crippen molar-refractivity contribution in [3.63, 3.8) is 0 Å². The fourth-order valence-electron chi connectivity index (χ4n) is 1.29. The van der Waals surface area contributed by atoms with E-state index in [0.717, 1.165) is 0 Å². The zero-order valence-corrected chi connectivity index (χ0v) is 8.78. The van der Waals surface area contributed by atoms with Crippen LogP contribution < -0.4 is 5.32 Å². The van der Waals surface area contributed by atoms with E-state index >= 15 is 0 Å². The van der Waals surface area contributed by atoms with E-state index < -0.39 is 5.97 Å². The van der Waals surface area contributed by atoms with Gasteiger partial charge in [-0.25, -0.2) is 4.79 Å². The van der Waals surface area contributed by atoms with Gasteiger partial charge in [-0.1, -0.05) is 12.0 Å². The fraction of sp³-hybridized carbons (Fsp3) is 0.167. The fourth-order valence-corrected chi connectivity index (χ4v) is 1.29. The van der Waals surface area contributed by atoms with Gasteiger partial charge in [-0.3, -0.25) is 4.79 Å². The summed E-state index contributed by atoms with van der Waals surface area (Å²) in [5.41, 5.74) is 1.15. The summed E-state index contributed by atoms with van der Waals surface area (Å²) in [6.45, 7) is 1.63. The molecule has 1 amide bonds. The van der Waals surface area contributed by atoms with Crippen LogP contribution in [0.1, 0.15) is 22.3 Å². The van der Waals surface area contributed by atoms with Crippen molar-refractivity contribution in [1.82, 2.24) is 0 Å². The Morgan fingerprint density at radius 3 is 2.75 bits per heavy atom. The second-order valence-corrected chi connectivity index (χ2v) is 3.21. The molecule has 0 spiro atoms. The van der Waals surface area contributed by atoms with Crippen LogP contribution in [0.3, 0.4) is 0 Å². The predicted molar refractivity (Wildman–Crippen MR) is 60.2 cm³/mol. The molecule has 0 fully saturated rings. The Balaban J connectivity index is 2.98. The number of nitrogens with one attached hydrogen (secondary N) is 1. The third kappa shape index (κ3) is 2.61. The van der Waals surface area contributed by atoms with Gasteiger partial charge in [-0.05, 0) is 24.6 Å². The number of benzene rings is 1. The van der Waals surface area contributed by atoms with E-state index in [-0.39, 0.29) is 17.9 Å². The minimum Gasteiger partial charge on any atom is -0.478 e. The van der Waals surface area contributed by atoms with Crippen molar-refractivity contribution in [2.24, 2.45) is 0 Å². The minimum absolute atomic E-state index is 0.0310. The van der Waals surface area contributed by atoms with Crippen molar-refractivity contribution in [1.29, 1.82) is 0 Å². The van der Waals surface area contributed by atoms with E-state index in [2.05, 4.69) is 11.2 Å². The van der Waals surface area contributed by atoms with E-state index in [1.807, 2.05) is 0 Å². The molecule has 82 valence electrons. The first-order valence-corrected chi connectivity index (χ1v) is 4.62. The zero-order chi connectivity index (χ0) is 12.1. The standard InChI is InChI=1S/C12H11NO3/c1-3-5-11(14)13-10-7-4-6-9(8(10)2)12(15)16/h1,4,6-7H,5H2,2H3,(H,13,14)(H,15,16). The number of terminal acetylenes is 1. The first-order valence-electron chi connectivity index (χ1n) is 4.62. The quantitative estimate of drug-likeness (QED) is 0.756. The average Bonchev–Trinajstić information content (AvgIpc) is 2.21. The number of aromatic carboxylic acids is 1. The summed E-state index contributed by atoms with van der Waals surface area (Å²) < 4.78 is 0. The van der Waals surface area contributed by atoms with Crippen molar-refractivity contribution in [2.75, 3.05) is 5.32 Å². The Morgan fingerprint density at radius 1 is 1.50 bits per heavy atom. The summed E-state index contributed by atoms with van der Waals surface area (Å²) in [5, 5.41) is 11.4. The molecule has 0 radical (unpaired) electrons. The molecule has 0 saturated heterocycles. The number of carbonyl (C=O) groups excluding carboxylic acids is 1. The molecule has 16 heavy (non-hydrogen) atoms. The Hall–Kier alpha value is -2.28. The molecular formula is C12H11NO3. The number of anilines is 1. The van der Waals surface area contributed by atoms with Gasteiger partial charge in [-0.15, -0.1) is 6.42 Å². The maximum Gasteiger partial charge on any atom is 0.336 e. The molecule has 0 aliphatic carbocycles.